The van der Waals surface area contributed by atoms with E-state index in [-0.39, 0.29) is 21.9 Å². The van der Waals surface area contributed by atoms with E-state index < -0.39 is 58.9 Å². The second-order valence-corrected chi connectivity index (χ2v) is 16.3. The van der Waals surface area contributed by atoms with Crippen LogP contribution in [0.1, 0.15) is 25.1 Å². The van der Waals surface area contributed by atoms with Gasteiger partial charge >= 0.3 is 5.69 Å². The number of nitro groups is 1. The van der Waals surface area contributed by atoms with E-state index >= 15 is 8.78 Å². The van der Waals surface area contributed by atoms with Crippen molar-refractivity contribution >= 4 is 44.7 Å². The monoisotopic (exact) mass is 767 g/mol. The minimum atomic E-state index is -4.89. The van der Waals surface area contributed by atoms with Gasteiger partial charge in [0.05, 0.1) is 33.5 Å². The van der Waals surface area contributed by atoms with E-state index in [4.69, 9.17) is 9.72 Å². The zero-order valence-electron chi connectivity index (χ0n) is 29.1. The number of benzene rings is 2. The summed E-state index contributed by atoms with van der Waals surface area (Å²) in [6, 6.07) is 4.56. The fraction of sp³-hybridized carbons (Fsp3) is 0.406. The minimum absolute atomic E-state index is 0.0262. The Bertz CT molecular complexity index is 2090. The molecule has 2 aromatic heterocycles. The van der Waals surface area contributed by atoms with E-state index in [0.29, 0.717) is 36.5 Å². The van der Waals surface area contributed by atoms with E-state index in [0.717, 1.165) is 69.6 Å². The maximum Gasteiger partial charge on any atom is 0.308 e. The number of nitro benzene ring substituents is 1. The van der Waals surface area contributed by atoms with Crippen molar-refractivity contribution in [3.8, 4) is 5.75 Å². The molecule has 1 fully saturated rings. The Morgan fingerprint density at radius 2 is 1.75 bits per heavy atom. The number of sulfone groups is 1. The summed E-state index contributed by atoms with van der Waals surface area (Å²) in [5.74, 6) is -5.19. The lowest BCUT2D eigenvalue weighted by Gasteiger charge is -2.36. The molecule has 14 nitrogen and oxygen atoms in total. The molecule has 5 rings (SSSR count). The van der Waals surface area contributed by atoms with Gasteiger partial charge < -0.3 is 19.9 Å². The second kappa shape index (κ2) is 15.2. The number of nitrogens with zero attached hydrogens (tertiary/aromatic N) is 7. The summed E-state index contributed by atoms with van der Waals surface area (Å²) in [6.45, 7) is 8.03. The predicted octanol–water partition coefficient (Wildman–Crippen LogP) is 5.27. The molecule has 0 atom stereocenters. The Labute approximate surface area is 301 Å². The molecule has 0 amide bonds. The minimum Gasteiger partial charge on any atom is -0.490 e. The van der Waals surface area contributed by atoms with E-state index in [9.17, 15) is 27.3 Å². The van der Waals surface area contributed by atoms with Crippen LogP contribution in [0.15, 0.2) is 45.3 Å². The van der Waals surface area contributed by atoms with Crippen molar-refractivity contribution in [1.29, 1.82) is 0 Å². The first kappa shape index (κ1) is 38.7. The van der Waals surface area contributed by atoms with E-state index in [1.54, 1.807) is 6.07 Å². The fourth-order valence-corrected chi connectivity index (χ4v) is 7.89. The van der Waals surface area contributed by atoms with Crippen LogP contribution in [0.5, 0.6) is 5.75 Å². The third kappa shape index (κ3) is 7.79. The third-order valence-corrected chi connectivity index (χ3v) is 11.9. The van der Waals surface area contributed by atoms with Gasteiger partial charge in [-0.05, 0) is 64.8 Å². The second-order valence-electron chi connectivity index (χ2n) is 12.8. The van der Waals surface area contributed by atoms with Crippen LogP contribution in [-0.2, 0) is 14.6 Å². The van der Waals surface area contributed by atoms with Crippen LogP contribution >= 0.6 is 11.8 Å². The van der Waals surface area contributed by atoms with E-state index in [1.807, 2.05) is 25.9 Å². The Morgan fingerprint density at radius 1 is 1.06 bits per heavy atom. The number of hydrogen-bond donors (Lipinski definition) is 2. The summed E-state index contributed by atoms with van der Waals surface area (Å²) in [5.41, 5.74) is -2.06. The molecule has 52 heavy (non-hydrogen) atoms. The molecule has 1 aliphatic rings. The number of aryl methyl sites for hydroxylation is 1. The highest BCUT2D eigenvalue weighted by molar-refractivity contribution is 7.99. The van der Waals surface area contributed by atoms with Crippen molar-refractivity contribution in [2.75, 3.05) is 70.7 Å². The van der Waals surface area contributed by atoms with Crippen LogP contribution in [0.2, 0.25) is 0 Å². The number of H-pyrrole nitrogens is 1. The molecule has 1 saturated heterocycles. The number of piperazine rings is 1. The number of nitrogens with one attached hydrogen (secondary N) is 2. The number of rotatable bonds is 13. The predicted molar refractivity (Wildman–Crippen MR) is 186 cm³/mol. The molecule has 0 bridgehead atoms. The maximum absolute atomic E-state index is 15.8. The molecule has 1 aliphatic heterocycles. The van der Waals surface area contributed by atoms with Crippen molar-refractivity contribution in [2.24, 2.45) is 0 Å². The molecule has 0 spiro atoms. The molecular formula is C32H37F4N9O5S2. The Kier molecular flexibility index (Phi) is 11.3. The summed E-state index contributed by atoms with van der Waals surface area (Å²) in [5, 5.41) is 21.5. The van der Waals surface area contributed by atoms with Crippen molar-refractivity contribution in [3.05, 3.63) is 75.0 Å². The standard InChI is InChI=1S/C32H37F4N9O5S2/c1-18-15-24(41-40-18)37-29-28(50-6)30(44-13-11-43(12-14-44)10-9-42(4)5)39-31(38-29)51-23-8-7-19(16-20(23)33)52(48,49)32(2,3)25-26(35)21(34)17-22(27(25)36)45(46)47/h7-8,15-17H,9-14H2,1-6H3,(H2,37,38,39,40,41). The van der Waals surface area contributed by atoms with Gasteiger partial charge in [0.2, 0.25) is 11.6 Å². The summed E-state index contributed by atoms with van der Waals surface area (Å²) >= 11 is 0.786. The number of likely N-dealkylation sites (N-methyl/N-ethyl adjacent to an activating group) is 1. The topological polar surface area (TPSA) is 163 Å². The Balaban J connectivity index is 1.49. The van der Waals surface area contributed by atoms with Crippen LogP contribution in [0.25, 0.3) is 0 Å². The molecule has 280 valence electrons. The van der Waals surface area contributed by atoms with Gasteiger partial charge in [0.25, 0.3) is 0 Å². The molecule has 3 heterocycles. The molecule has 2 aromatic carbocycles. The van der Waals surface area contributed by atoms with Gasteiger partial charge in [-0.15, -0.1) is 0 Å². The number of methoxy groups -OCH3 is 1. The van der Waals surface area contributed by atoms with Gasteiger partial charge in [0.15, 0.2) is 44.1 Å². The molecule has 0 aliphatic carbocycles. The molecule has 2 N–H and O–H groups in total. The fourth-order valence-electron chi connectivity index (χ4n) is 5.59. The molecule has 20 heteroatoms. The lowest BCUT2D eigenvalue weighted by molar-refractivity contribution is -0.387. The number of aromatic nitrogens is 4. The number of ether oxygens (including phenoxy) is 1. The third-order valence-electron chi connectivity index (χ3n) is 8.54. The van der Waals surface area contributed by atoms with E-state index in [1.165, 1.54) is 7.11 Å². The highest BCUT2D eigenvalue weighted by atomic mass is 32.2. The van der Waals surface area contributed by atoms with Crippen LogP contribution in [0, 0.1) is 40.3 Å². The van der Waals surface area contributed by atoms with Gasteiger partial charge in [0.1, 0.15) is 10.6 Å². The quantitative estimate of drug-likeness (QED) is 0.0596. The summed E-state index contributed by atoms with van der Waals surface area (Å²) in [6.07, 6.45) is 0. The molecule has 0 unspecified atom stereocenters. The normalized spacial score (nSPS) is 14.2. The molecule has 0 saturated carbocycles. The van der Waals surface area contributed by atoms with Crippen molar-refractivity contribution in [3.63, 3.8) is 0 Å². The van der Waals surface area contributed by atoms with E-state index in [2.05, 4.69) is 30.3 Å². The highest BCUT2D eigenvalue weighted by Crippen LogP contribution is 2.43. The van der Waals surface area contributed by atoms with Gasteiger partial charge in [-0.3, -0.25) is 20.1 Å². The molecular weight excluding hydrogens is 731 g/mol. The lowest BCUT2D eigenvalue weighted by Crippen LogP contribution is -2.48. The van der Waals surface area contributed by atoms with Crippen LogP contribution in [0.4, 0.5) is 40.7 Å². The number of anilines is 3. The van der Waals surface area contributed by atoms with Crippen LogP contribution in [0.3, 0.4) is 0 Å². The first-order chi connectivity index (χ1) is 24.4. The van der Waals surface area contributed by atoms with Gasteiger partial charge in [-0.1, -0.05) is 0 Å². The number of aromatic amines is 1. The first-order valence-corrected chi connectivity index (χ1v) is 18.2. The summed E-state index contributed by atoms with van der Waals surface area (Å²) in [4.78, 5) is 24.9. The number of hydrogen-bond acceptors (Lipinski definition) is 13. The zero-order chi connectivity index (χ0) is 38.1. The number of halogens is 4. The SMILES string of the molecule is COc1c(Nc2cc(C)[nH]n2)nc(Sc2ccc(S(=O)(=O)C(C)(C)c3c(F)c(F)cc([N+](=O)[O-])c3F)cc2F)nc1N1CCN(CCN(C)C)CC1. The molecule has 0 radical (unpaired) electrons. The Morgan fingerprint density at radius 3 is 2.33 bits per heavy atom. The van der Waals surface area contributed by atoms with Gasteiger partial charge in [0, 0.05) is 51.0 Å². The average Bonchev–Trinajstić information content (AvgIpc) is 3.50. The average molecular weight is 768 g/mol. The van der Waals surface area contributed by atoms with Gasteiger partial charge in [-0.25, -0.2) is 31.6 Å². The lowest BCUT2D eigenvalue weighted by atomic mass is 9.99. The highest BCUT2D eigenvalue weighted by Gasteiger charge is 2.45. The van der Waals surface area contributed by atoms with Crippen LogP contribution in [-0.4, -0.2) is 104 Å². The van der Waals surface area contributed by atoms with Gasteiger partial charge in [-0.2, -0.15) is 9.49 Å². The molecule has 4 aromatic rings. The maximum atomic E-state index is 15.8. The van der Waals surface area contributed by atoms with Crippen LogP contribution < -0.4 is 15.0 Å². The largest absolute Gasteiger partial charge is 0.490 e. The first-order valence-electron chi connectivity index (χ1n) is 15.9. The van der Waals surface area contributed by atoms with Crippen molar-refractivity contribution < 1.29 is 35.6 Å². The Hall–Kier alpha value is -4.53. The summed E-state index contributed by atoms with van der Waals surface area (Å²) < 4.78 is 90.7. The smallest absolute Gasteiger partial charge is 0.308 e. The zero-order valence-corrected chi connectivity index (χ0v) is 30.8. The van der Waals surface area contributed by atoms with Crippen molar-refractivity contribution in [2.45, 2.75) is 40.5 Å². The summed E-state index contributed by atoms with van der Waals surface area (Å²) in [7, 11) is 0.608. The van der Waals surface area contributed by atoms with Crippen molar-refractivity contribution in [1.82, 2.24) is 30.0 Å².